The molecule has 0 unspecified atom stereocenters. The first kappa shape index (κ1) is 6.02. The Morgan fingerprint density at radius 1 is 1.33 bits per heavy atom. The first-order valence-corrected chi connectivity index (χ1v) is 2.64. The Hall–Kier alpha value is -1.11. The number of hydrogen-bond donors (Lipinski definition) is 0. The van der Waals surface area contributed by atoms with Crippen LogP contribution in [-0.4, -0.2) is 0 Å². The van der Waals surface area contributed by atoms with Gasteiger partial charge in [0.2, 0.25) is 0 Å². The highest BCUT2D eigenvalue weighted by molar-refractivity contribution is 5.45. The molecule has 1 aromatic rings. The van der Waals surface area contributed by atoms with E-state index < -0.39 is 0 Å². The second-order valence-corrected chi connectivity index (χ2v) is 1.69. The number of hydrogen-bond acceptors (Lipinski definition) is 0. The van der Waals surface area contributed by atoms with Crippen molar-refractivity contribution in [3.8, 4) is 0 Å². The average Bonchev–Trinajstić information content (AvgIpc) is 1.89. The van der Waals surface area contributed by atoms with E-state index in [1.54, 1.807) is 18.2 Å². The fourth-order valence-corrected chi connectivity index (χ4v) is 0.610. The summed E-state index contributed by atoms with van der Waals surface area (Å²) in [7, 11) is 0. The molecule has 0 saturated heterocycles. The van der Waals surface area contributed by atoms with E-state index in [4.69, 9.17) is 6.58 Å². The lowest BCUT2D eigenvalue weighted by Gasteiger charge is -1.91. The SMILES string of the molecule is [CH]=Cc1ccccc1F. The van der Waals surface area contributed by atoms with Gasteiger partial charge in [-0.1, -0.05) is 30.9 Å². The summed E-state index contributed by atoms with van der Waals surface area (Å²) in [5.41, 5.74) is 0.442. The van der Waals surface area contributed by atoms with Crippen molar-refractivity contribution in [2.45, 2.75) is 0 Å². The molecule has 0 atom stereocenters. The normalized spacial score (nSPS) is 9.00. The van der Waals surface area contributed by atoms with Gasteiger partial charge in [-0.3, -0.25) is 0 Å². The summed E-state index contributed by atoms with van der Waals surface area (Å²) >= 11 is 0. The summed E-state index contributed by atoms with van der Waals surface area (Å²) in [5.74, 6) is -0.278. The van der Waals surface area contributed by atoms with Gasteiger partial charge < -0.3 is 0 Å². The molecule has 1 aromatic carbocycles. The zero-order chi connectivity index (χ0) is 6.69. The standard InChI is InChI=1S/C8H6F/c1-2-7-5-3-4-6-8(7)9/h1-6H. The van der Waals surface area contributed by atoms with Crippen LogP contribution in [0.25, 0.3) is 6.08 Å². The molecule has 0 saturated carbocycles. The van der Waals surface area contributed by atoms with Gasteiger partial charge in [-0.25, -0.2) is 4.39 Å². The minimum Gasteiger partial charge on any atom is -0.206 e. The zero-order valence-electron chi connectivity index (χ0n) is 4.84. The molecule has 45 valence electrons. The maximum Gasteiger partial charge on any atom is 0.130 e. The van der Waals surface area contributed by atoms with Crippen molar-refractivity contribution in [2.75, 3.05) is 0 Å². The lowest BCUT2D eigenvalue weighted by molar-refractivity contribution is 0.625. The monoisotopic (exact) mass is 121 g/mol. The predicted octanol–water partition coefficient (Wildman–Crippen LogP) is 2.27. The van der Waals surface area contributed by atoms with Gasteiger partial charge in [0.25, 0.3) is 0 Å². The first-order chi connectivity index (χ1) is 4.34. The van der Waals surface area contributed by atoms with Crippen molar-refractivity contribution in [1.29, 1.82) is 0 Å². The van der Waals surface area contributed by atoms with Crippen LogP contribution in [0.3, 0.4) is 0 Å². The van der Waals surface area contributed by atoms with Crippen LogP contribution < -0.4 is 0 Å². The summed E-state index contributed by atoms with van der Waals surface area (Å²) in [6, 6.07) is 6.36. The van der Waals surface area contributed by atoms with Crippen LogP contribution in [0.2, 0.25) is 0 Å². The minimum atomic E-state index is -0.278. The van der Waals surface area contributed by atoms with E-state index in [-0.39, 0.29) is 5.82 Å². The lowest BCUT2D eigenvalue weighted by Crippen LogP contribution is -1.76. The third-order valence-corrected chi connectivity index (χ3v) is 1.08. The summed E-state index contributed by atoms with van der Waals surface area (Å²) in [4.78, 5) is 0. The number of rotatable bonds is 1. The summed E-state index contributed by atoms with van der Waals surface area (Å²) in [6.45, 7) is 5.09. The molecule has 0 aliphatic carbocycles. The Labute approximate surface area is 53.6 Å². The van der Waals surface area contributed by atoms with E-state index in [1.165, 1.54) is 12.1 Å². The van der Waals surface area contributed by atoms with Crippen LogP contribution in [0.4, 0.5) is 4.39 Å². The summed E-state index contributed by atoms with van der Waals surface area (Å²) in [6.07, 6.45) is 1.25. The van der Waals surface area contributed by atoms with Crippen LogP contribution in [0.1, 0.15) is 5.56 Å². The molecule has 0 heterocycles. The van der Waals surface area contributed by atoms with Gasteiger partial charge in [-0.15, -0.1) is 0 Å². The summed E-state index contributed by atoms with van der Waals surface area (Å²) < 4.78 is 12.5. The highest BCUT2D eigenvalue weighted by Gasteiger charge is 1.91. The van der Waals surface area contributed by atoms with Gasteiger partial charge in [0.05, 0.1) is 0 Å². The molecule has 0 spiro atoms. The topological polar surface area (TPSA) is 0 Å². The van der Waals surface area contributed by atoms with E-state index in [2.05, 4.69) is 0 Å². The largest absolute Gasteiger partial charge is 0.206 e. The molecule has 0 aromatic heterocycles. The van der Waals surface area contributed by atoms with Gasteiger partial charge in [-0.2, -0.15) is 0 Å². The third kappa shape index (κ3) is 1.17. The van der Waals surface area contributed by atoms with Crippen LogP contribution >= 0.6 is 0 Å². The Morgan fingerprint density at radius 3 is 2.44 bits per heavy atom. The van der Waals surface area contributed by atoms with Gasteiger partial charge in [0.15, 0.2) is 0 Å². The fourth-order valence-electron chi connectivity index (χ4n) is 0.610. The van der Waals surface area contributed by atoms with Crippen molar-refractivity contribution in [2.24, 2.45) is 0 Å². The molecule has 0 N–H and O–H groups in total. The molecule has 0 nitrogen and oxygen atoms in total. The molecule has 1 rings (SSSR count). The van der Waals surface area contributed by atoms with E-state index >= 15 is 0 Å². The molecule has 1 radical (unpaired) electrons. The van der Waals surface area contributed by atoms with Gasteiger partial charge >= 0.3 is 0 Å². The molecular formula is C8H6F. The predicted molar refractivity (Wildman–Crippen MR) is 35.2 cm³/mol. The van der Waals surface area contributed by atoms with E-state index in [0.717, 1.165) is 0 Å². The average molecular weight is 121 g/mol. The van der Waals surface area contributed by atoms with Crippen molar-refractivity contribution >= 4 is 6.08 Å². The van der Waals surface area contributed by atoms with Crippen LogP contribution in [0, 0.1) is 12.4 Å². The highest BCUT2D eigenvalue weighted by atomic mass is 19.1. The molecule has 1 heteroatoms. The van der Waals surface area contributed by atoms with Gasteiger partial charge in [0, 0.05) is 5.56 Å². The van der Waals surface area contributed by atoms with E-state index in [9.17, 15) is 4.39 Å². The minimum absolute atomic E-state index is 0.278. The van der Waals surface area contributed by atoms with E-state index in [1.807, 2.05) is 0 Å². The molecular weight excluding hydrogens is 115 g/mol. The quantitative estimate of drug-likeness (QED) is 0.534. The molecule has 0 aliphatic heterocycles. The highest BCUT2D eigenvalue weighted by Crippen LogP contribution is 2.05. The van der Waals surface area contributed by atoms with Crippen molar-refractivity contribution < 1.29 is 4.39 Å². The molecule has 0 bridgehead atoms. The van der Waals surface area contributed by atoms with Gasteiger partial charge in [0.1, 0.15) is 5.82 Å². The Bertz CT molecular complexity index is 216. The van der Waals surface area contributed by atoms with Crippen molar-refractivity contribution in [3.05, 3.63) is 42.2 Å². The van der Waals surface area contributed by atoms with Crippen LogP contribution in [-0.2, 0) is 0 Å². The van der Waals surface area contributed by atoms with Crippen LogP contribution in [0.15, 0.2) is 24.3 Å². The second kappa shape index (κ2) is 2.44. The molecule has 0 amide bonds. The number of halogens is 1. The molecule has 0 fully saturated rings. The Morgan fingerprint density at radius 2 is 2.00 bits per heavy atom. The fraction of sp³-hybridized carbons (Fsp3) is 0. The smallest absolute Gasteiger partial charge is 0.130 e. The Kier molecular flexibility index (Phi) is 1.63. The first-order valence-electron chi connectivity index (χ1n) is 2.64. The lowest BCUT2D eigenvalue weighted by atomic mass is 10.2. The molecule has 0 aliphatic rings. The summed E-state index contributed by atoms with van der Waals surface area (Å²) in [5, 5.41) is 0. The zero-order valence-corrected chi connectivity index (χ0v) is 4.84. The van der Waals surface area contributed by atoms with Crippen LogP contribution in [0.5, 0.6) is 0 Å². The number of benzene rings is 1. The Balaban J connectivity index is 3.15. The maximum atomic E-state index is 12.5. The molecule has 9 heavy (non-hydrogen) atoms. The third-order valence-electron chi connectivity index (χ3n) is 1.08. The van der Waals surface area contributed by atoms with E-state index in [0.29, 0.717) is 5.56 Å². The van der Waals surface area contributed by atoms with Gasteiger partial charge in [-0.05, 0) is 6.07 Å². The van der Waals surface area contributed by atoms with Crippen molar-refractivity contribution in [3.63, 3.8) is 0 Å². The maximum absolute atomic E-state index is 12.5. The van der Waals surface area contributed by atoms with Crippen molar-refractivity contribution in [1.82, 2.24) is 0 Å². The second-order valence-electron chi connectivity index (χ2n) is 1.69.